The molecule has 0 aliphatic rings. The van der Waals surface area contributed by atoms with Gasteiger partial charge in [-0.25, -0.2) is 0 Å². The van der Waals surface area contributed by atoms with Crippen molar-refractivity contribution in [2.45, 2.75) is 19.4 Å². The van der Waals surface area contributed by atoms with Crippen LogP contribution in [0.5, 0.6) is 0 Å². The van der Waals surface area contributed by atoms with Crippen LogP contribution in [0, 0.1) is 0 Å². The number of anilines is 1. The minimum Gasteiger partial charge on any atom is -0.325 e. The molecule has 0 saturated carbocycles. The van der Waals surface area contributed by atoms with Crippen molar-refractivity contribution >= 4 is 22.9 Å². The summed E-state index contributed by atoms with van der Waals surface area (Å²) in [7, 11) is 0. The Bertz CT molecular complexity index is 496. The molecule has 0 aliphatic carbocycles. The molecule has 1 atom stereocenters. The van der Waals surface area contributed by atoms with Crippen LogP contribution in [-0.4, -0.2) is 18.5 Å². The second-order valence-electron chi connectivity index (χ2n) is 4.41. The van der Waals surface area contributed by atoms with Crippen LogP contribution in [0.15, 0.2) is 47.2 Å². The molecule has 0 saturated heterocycles. The summed E-state index contributed by atoms with van der Waals surface area (Å²) in [6, 6.07) is 11.4. The topological polar surface area (TPSA) is 41.1 Å². The van der Waals surface area contributed by atoms with E-state index in [1.807, 2.05) is 37.3 Å². The van der Waals surface area contributed by atoms with Crippen molar-refractivity contribution in [3.63, 3.8) is 0 Å². The van der Waals surface area contributed by atoms with Gasteiger partial charge in [0.1, 0.15) is 0 Å². The molecule has 1 amide bonds. The van der Waals surface area contributed by atoms with E-state index in [9.17, 15) is 4.79 Å². The first kappa shape index (κ1) is 13.8. The molecule has 0 radical (unpaired) electrons. The summed E-state index contributed by atoms with van der Waals surface area (Å²) in [6.07, 6.45) is 0.951. The van der Waals surface area contributed by atoms with Gasteiger partial charge in [-0.15, -0.1) is 0 Å². The molecule has 0 spiro atoms. The second kappa shape index (κ2) is 7.07. The highest BCUT2D eigenvalue weighted by molar-refractivity contribution is 7.07. The minimum absolute atomic E-state index is 0.00322. The number of carbonyl (C=O) groups excluding carboxylic acids is 1. The van der Waals surface area contributed by atoms with Crippen LogP contribution in [0.2, 0.25) is 0 Å². The Labute approximate surface area is 117 Å². The molecule has 100 valence electrons. The predicted octanol–water partition coefficient (Wildman–Crippen LogP) is 2.91. The first-order valence-electron chi connectivity index (χ1n) is 6.36. The Morgan fingerprint density at radius 2 is 2.05 bits per heavy atom. The number of para-hydroxylation sites is 1. The van der Waals surface area contributed by atoms with Gasteiger partial charge in [0.15, 0.2) is 0 Å². The van der Waals surface area contributed by atoms with Crippen LogP contribution >= 0.6 is 11.3 Å². The summed E-state index contributed by atoms with van der Waals surface area (Å²) in [4.78, 5) is 11.9. The monoisotopic (exact) mass is 274 g/mol. The van der Waals surface area contributed by atoms with E-state index in [2.05, 4.69) is 27.5 Å². The average molecular weight is 274 g/mol. The van der Waals surface area contributed by atoms with Crippen molar-refractivity contribution in [2.75, 3.05) is 11.9 Å². The van der Waals surface area contributed by atoms with Gasteiger partial charge in [-0.2, -0.15) is 11.3 Å². The van der Waals surface area contributed by atoms with Crippen LogP contribution < -0.4 is 10.6 Å². The largest absolute Gasteiger partial charge is 0.325 e. The van der Waals surface area contributed by atoms with E-state index in [0.29, 0.717) is 0 Å². The standard InChI is InChI=1S/C15H18N2OS/c1-12(16-9-7-13-8-10-19-11-13)15(18)17-14-5-3-2-4-6-14/h2-6,8,10-12,16H,7,9H2,1H3,(H,17,18). The number of carbonyl (C=O) groups is 1. The van der Waals surface area contributed by atoms with Crippen molar-refractivity contribution in [2.24, 2.45) is 0 Å². The van der Waals surface area contributed by atoms with Crippen LogP contribution in [0.3, 0.4) is 0 Å². The molecule has 1 heterocycles. The number of rotatable bonds is 6. The molecule has 0 bridgehead atoms. The van der Waals surface area contributed by atoms with Crippen LogP contribution in [0.4, 0.5) is 5.69 Å². The fraction of sp³-hybridized carbons (Fsp3) is 0.267. The van der Waals surface area contributed by atoms with Gasteiger partial charge in [0.25, 0.3) is 0 Å². The molecule has 1 unspecified atom stereocenters. The predicted molar refractivity (Wildman–Crippen MR) is 80.6 cm³/mol. The molecule has 2 N–H and O–H groups in total. The van der Waals surface area contributed by atoms with E-state index in [-0.39, 0.29) is 11.9 Å². The average Bonchev–Trinajstić information content (AvgIpc) is 2.93. The molecule has 2 aromatic rings. The van der Waals surface area contributed by atoms with Crippen LogP contribution in [-0.2, 0) is 11.2 Å². The van der Waals surface area contributed by atoms with E-state index < -0.39 is 0 Å². The fourth-order valence-corrected chi connectivity index (χ4v) is 2.44. The Morgan fingerprint density at radius 1 is 1.26 bits per heavy atom. The van der Waals surface area contributed by atoms with Crippen molar-refractivity contribution in [1.82, 2.24) is 5.32 Å². The summed E-state index contributed by atoms with van der Waals surface area (Å²) in [5.41, 5.74) is 2.15. The number of amides is 1. The third kappa shape index (κ3) is 4.50. The summed E-state index contributed by atoms with van der Waals surface area (Å²) < 4.78 is 0. The maximum absolute atomic E-state index is 11.9. The Morgan fingerprint density at radius 3 is 2.74 bits per heavy atom. The number of nitrogens with one attached hydrogen (secondary N) is 2. The zero-order valence-electron chi connectivity index (χ0n) is 10.9. The fourth-order valence-electron chi connectivity index (χ4n) is 1.73. The van der Waals surface area contributed by atoms with Gasteiger partial charge in [0.2, 0.25) is 5.91 Å². The molecular weight excluding hydrogens is 256 g/mol. The van der Waals surface area contributed by atoms with Gasteiger partial charge in [0.05, 0.1) is 6.04 Å². The van der Waals surface area contributed by atoms with Gasteiger partial charge < -0.3 is 10.6 Å². The van der Waals surface area contributed by atoms with Gasteiger partial charge in [0, 0.05) is 5.69 Å². The maximum atomic E-state index is 11.9. The summed E-state index contributed by atoms with van der Waals surface area (Å²) in [6.45, 7) is 2.69. The Hall–Kier alpha value is -1.65. The van der Waals surface area contributed by atoms with Gasteiger partial charge >= 0.3 is 0 Å². The Kier molecular flexibility index (Phi) is 5.12. The van der Waals surface area contributed by atoms with Crippen molar-refractivity contribution < 1.29 is 4.79 Å². The lowest BCUT2D eigenvalue weighted by atomic mass is 10.2. The molecule has 1 aromatic carbocycles. The highest BCUT2D eigenvalue weighted by Crippen LogP contribution is 2.07. The highest BCUT2D eigenvalue weighted by atomic mass is 32.1. The van der Waals surface area contributed by atoms with Gasteiger partial charge in [-0.05, 0) is 54.4 Å². The molecule has 19 heavy (non-hydrogen) atoms. The quantitative estimate of drug-likeness (QED) is 0.850. The number of benzene rings is 1. The van der Waals surface area contributed by atoms with Gasteiger partial charge in [-0.1, -0.05) is 18.2 Å². The zero-order chi connectivity index (χ0) is 13.5. The van der Waals surface area contributed by atoms with E-state index in [1.165, 1.54) is 5.56 Å². The molecule has 0 aliphatic heterocycles. The third-order valence-electron chi connectivity index (χ3n) is 2.88. The normalized spacial score (nSPS) is 12.1. The molecule has 1 aromatic heterocycles. The Balaban J connectivity index is 1.73. The van der Waals surface area contributed by atoms with Crippen molar-refractivity contribution in [1.29, 1.82) is 0 Å². The number of thiophene rings is 1. The third-order valence-corrected chi connectivity index (χ3v) is 3.61. The molecular formula is C15H18N2OS. The molecule has 4 heteroatoms. The lowest BCUT2D eigenvalue weighted by molar-refractivity contribution is -0.117. The second-order valence-corrected chi connectivity index (χ2v) is 5.19. The zero-order valence-corrected chi connectivity index (χ0v) is 11.7. The van der Waals surface area contributed by atoms with E-state index in [1.54, 1.807) is 11.3 Å². The van der Waals surface area contributed by atoms with Gasteiger partial charge in [-0.3, -0.25) is 4.79 Å². The minimum atomic E-state index is -0.196. The molecule has 3 nitrogen and oxygen atoms in total. The van der Waals surface area contributed by atoms with Crippen molar-refractivity contribution in [3.05, 3.63) is 52.7 Å². The first-order chi connectivity index (χ1) is 9.25. The van der Waals surface area contributed by atoms with Crippen LogP contribution in [0.1, 0.15) is 12.5 Å². The summed E-state index contributed by atoms with van der Waals surface area (Å²) in [5.74, 6) is -0.00322. The van der Waals surface area contributed by atoms with E-state index in [0.717, 1.165) is 18.7 Å². The van der Waals surface area contributed by atoms with Crippen LogP contribution in [0.25, 0.3) is 0 Å². The first-order valence-corrected chi connectivity index (χ1v) is 7.30. The summed E-state index contributed by atoms with van der Waals surface area (Å²) in [5, 5.41) is 10.3. The lowest BCUT2D eigenvalue weighted by Crippen LogP contribution is -2.39. The smallest absolute Gasteiger partial charge is 0.241 e. The SMILES string of the molecule is CC(NCCc1ccsc1)C(=O)Nc1ccccc1. The molecule has 0 fully saturated rings. The van der Waals surface area contributed by atoms with E-state index >= 15 is 0 Å². The number of hydrogen-bond acceptors (Lipinski definition) is 3. The summed E-state index contributed by atoms with van der Waals surface area (Å²) >= 11 is 1.70. The van der Waals surface area contributed by atoms with E-state index in [4.69, 9.17) is 0 Å². The lowest BCUT2D eigenvalue weighted by Gasteiger charge is -2.13. The van der Waals surface area contributed by atoms with Crippen molar-refractivity contribution in [3.8, 4) is 0 Å². The maximum Gasteiger partial charge on any atom is 0.241 e. The molecule has 2 rings (SSSR count). The highest BCUT2D eigenvalue weighted by Gasteiger charge is 2.11. The number of hydrogen-bond donors (Lipinski definition) is 2.